The zero-order chi connectivity index (χ0) is 9.84. The van der Waals surface area contributed by atoms with Crippen molar-refractivity contribution in [3.63, 3.8) is 0 Å². The maximum atomic E-state index is 11.6. The van der Waals surface area contributed by atoms with Gasteiger partial charge in [-0.2, -0.15) is 0 Å². The van der Waals surface area contributed by atoms with Crippen molar-refractivity contribution in [2.45, 2.75) is 33.1 Å². The van der Waals surface area contributed by atoms with Gasteiger partial charge < -0.3 is 0 Å². The van der Waals surface area contributed by atoms with Gasteiger partial charge in [0.2, 0.25) is 11.8 Å². The lowest BCUT2D eigenvalue weighted by molar-refractivity contribution is -0.139. The number of carbonyl (C=O) groups excluding carboxylic acids is 2. The summed E-state index contributed by atoms with van der Waals surface area (Å²) in [5, 5.41) is 1.43. The molecule has 1 saturated heterocycles. The molecule has 1 heterocycles. The highest BCUT2D eigenvalue weighted by atomic mass is 16.2. The lowest BCUT2D eigenvalue weighted by atomic mass is 10.1. The van der Waals surface area contributed by atoms with Gasteiger partial charge in [-0.15, -0.1) is 0 Å². The maximum absolute atomic E-state index is 11.6. The van der Waals surface area contributed by atoms with Gasteiger partial charge in [-0.05, 0) is 6.42 Å². The second-order valence-corrected chi connectivity index (χ2v) is 3.46. The zero-order valence-electron chi connectivity index (χ0n) is 8.17. The van der Waals surface area contributed by atoms with Gasteiger partial charge in [0.05, 0.1) is 6.54 Å². The molecular formula is C9H16N2O2. The van der Waals surface area contributed by atoms with E-state index in [4.69, 9.17) is 0 Å². The number of hydrazine groups is 1. The first-order valence-electron chi connectivity index (χ1n) is 4.76. The van der Waals surface area contributed by atoms with Crippen LogP contribution in [0.1, 0.15) is 33.1 Å². The summed E-state index contributed by atoms with van der Waals surface area (Å²) >= 11 is 0. The molecule has 0 aromatic rings. The first-order chi connectivity index (χ1) is 6.15. The van der Waals surface area contributed by atoms with E-state index >= 15 is 0 Å². The van der Waals surface area contributed by atoms with E-state index in [1.54, 1.807) is 0 Å². The summed E-state index contributed by atoms with van der Waals surface area (Å²) in [6.07, 6.45) is 2.31. The highest BCUT2D eigenvalue weighted by molar-refractivity contribution is 5.86. The summed E-state index contributed by atoms with van der Waals surface area (Å²) in [6.45, 7) is 4.47. The summed E-state index contributed by atoms with van der Waals surface area (Å²) in [4.78, 5) is 22.4. The van der Waals surface area contributed by atoms with Gasteiger partial charge in [-0.3, -0.25) is 20.0 Å². The van der Waals surface area contributed by atoms with E-state index in [1.165, 1.54) is 5.01 Å². The molecule has 2 amide bonds. The molecule has 0 bridgehead atoms. The number of carbonyl (C=O) groups is 2. The van der Waals surface area contributed by atoms with Gasteiger partial charge in [-0.25, -0.2) is 0 Å². The van der Waals surface area contributed by atoms with Crippen molar-refractivity contribution in [3.05, 3.63) is 0 Å². The third-order valence-corrected chi connectivity index (χ3v) is 2.23. The summed E-state index contributed by atoms with van der Waals surface area (Å²) in [6, 6.07) is 0. The number of hydrogen-bond donors (Lipinski definition) is 1. The van der Waals surface area contributed by atoms with Crippen LogP contribution in [-0.4, -0.2) is 23.4 Å². The molecule has 0 aromatic carbocycles. The van der Waals surface area contributed by atoms with Crippen LogP contribution < -0.4 is 5.43 Å². The fourth-order valence-electron chi connectivity index (χ4n) is 1.46. The van der Waals surface area contributed by atoms with E-state index in [0.717, 1.165) is 12.8 Å². The average Bonchev–Trinajstić information content (AvgIpc) is 2.51. The predicted molar refractivity (Wildman–Crippen MR) is 48.5 cm³/mol. The van der Waals surface area contributed by atoms with E-state index in [-0.39, 0.29) is 17.7 Å². The van der Waals surface area contributed by atoms with Crippen LogP contribution in [0.5, 0.6) is 0 Å². The van der Waals surface area contributed by atoms with Crippen molar-refractivity contribution in [3.8, 4) is 0 Å². The summed E-state index contributed by atoms with van der Waals surface area (Å²) in [7, 11) is 0. The van der Waals surface area contributed by atoms with Crippen LogP contribution >= 0.6 is 0 Å². The normalized spacial score (nSPS) is 18.6. The quantitative estimate of drug-likeness (QED) is 0.701. The Kier molecular flexibility index (Phi) is 3.28. The maximum Gasteiger partial charge on any atom is 0.243 e. The molecule has 1 N–H and O–H groups in total. The minimum Gasteiger partial charge on any atom is -0.273 e. The first-order valence-corrected chi connectivity index (χ1v) is 4.76. The Bertz CT molecular complexity index is 216. The van der Waals surface area contributed by atoms with Crippen LogP contribution in [0.25, 0.3) is 0 Å². The lowest BCUT2D eigenvalue weighted by Gasteiger charge is -2.19. The smallest absolute Gasteiger partial charge is 0.243 e. The molecule has 0 aromatic heterocycles. The standard InChI is InChI=1S/C9H16N2O2/c1-3-4-7(2)9(13)11-6-5-8(12)10-11/h7H,3-6H2,1-2H3,(H,10,12). The van der Waals surface area contributed by atoms with Crippen molar-refractivity contribution in [1.82, 2.24) is 10.4 Å². The van der Waals surface area contributed by atoms with Crippen LogP contribution in [0, 0.1) is 5.92 Å². The first kappa shape index (κ1) is 10.0. The zero-order valence-corrected chi connectivity index (χ0v) is 8.17. The second-order valence-electron chi connectivity index (χ2n) is 3.46. The molecule has 1 aliphatic heterocycles. The molecule has 4 heteroatoms. The molecule has 1 unspecified atom stereocenters. The van der Waals surface area contributed by atoms with Crippen LogP contribution in [0.15, 0.2) is 0 Å². The van der Waals surface area contributed by atoms with Crippen molar-refractivity contribution in [2.75, 3.05) is 6.54 Å². The van der Waals surface area contributed by atoms with E-state index in [1.807, 2.05) is 13.8 Å². The van der Waals surface area contributed by atoms with Crippen LogP contribution in [-0.2, 0) is 9.59 Å². The lowest BCUT2D eigenvalue weighted by Crippen LogP contribution is -2.41. The third-order valence-electron chi connectivity index (χ3n) is 2.23. The average molecular weight is 184 g/mol. The Morgan fingerprint density at radius 3 is 2.85 bits per heavy atom. The molecule has 74 valence electrons. The topological polar surface area (TPSA) is 49.4 Å². The highest BCUT2D eigenvalue weighted by Gasteiger charge is 2.26. The van der Waals surface area contributed by atoms with Gasteiger partial charge in [0.15, 0.2) is 0 Å². The minimum atomic E-state index is -0.0583. The SMILES string of the molecule is CCCC(C)C(=O)N1CCC(=O)N1. The number of amides is 2. The van der Waals surface area contributed by atoms with Crippen molar-refractivity contribution in [2.24, 2.45) is 5.92 Å². The van der Waals surface area contributed by atoms with Crippen LogP contribution in [0.4, 0.5) is 0 Å². The molecule has 0 saturated carbocycles. The van der Waals surface area contributed by atoms with Crippen molar-refractivity contribution >= 4 is 11.8 Å². The molecular weight excluding hydrogens is 168 g/mol. The second kappa shape index (κ2) is 4.25. The molecule has 0 radical (unpaired) electrons. The Labute approximate surface area is 78.3 Å². The molecule has 1 aliphatic rings. The predicted octanol–water partition coefficient (Wildman–Crippen LogP) is 0.686. The Morgan fingerprint density at radius 2 is 2.38 bits per heavy atom. The third kappa shape index (κ3) is 2.44. The molecule has 0 aliphatic carbocycles. The largest absolute Gasteiger partial charge is 0.273 e. The van der Waals surface area contributed by atoms with Crippen LogP contribution in [0.2, 0.25) is 0 Å². The summed E-state index contributed by atoms with van der Waals surface area (Å²) in [5.41, 5.74) is 2.54. The number of nitrogens with one attached hydrogen (secondary N) is 1. The minimum absolute atomic E-state index is 0.0170. The summed E-state index contributed by atoms with van der Waals surface area (Å²) < 4.78 is 0. The van der Waals surface area contributed by atoms with Gasteiger partial charge in [0.25, 0.3) is 0 Å². The Hall–Kier alpha value is -1.06. The van der Waals surface area contributed by atoms with E-state index in [2.05, 4.69) is 5.43 Å². The fourth-order valence-corrected chi connectivity index (χ4v) is 1.46. The van der Waals surface area contributed by atoms with E-state index in [9.17, 15) is 9.59 Å². The molecule has 0 spiro atoms. The number of hydrogen-bond acceptors (Lipinski definition) is 2. The van der Waals surface area contributed by atoms with E-state index < -0.39 is 0 Å². The van der Waals surface area contributed by atoms with Crippen LogP contribution in [0.3, 0.4) is 0 Å². The molecule has 1 rings (SSSR count). The molecule has 1 atom stereocenters. The fraction of sp³-hybridized carbons (Fsp3) is 0.778. The highest BCUT2D eigenvalue weighted by Crippen LogP contribution is 2.10. The molecule has 1 fully saturated rings. The number of rotatable bonds is 3. The van der Waals surface area contributed by atoms with Gasteiger partial charge in [0, 0.05) is 12.3 Å². The van der Waals surface area contributed by atoms with Crippen molar-refractivity contribution in [1.29, 1.82) is 0 Å². The molecule has 4 nitrogen and oxygen atoms in total. The molecule has 13 heavy (non-hydrogen) atoms. The van der Waals surface area contributed by atoms with Gasteiger partial charge >= 0.3 is 0 Å². The monoisotopic (exact) mass is 184 g/mol. The van der Waals surface area contributed by atoms with Crippen molar-refractivity contribution < 1.29 is 9.59 Å². The Morgan fingerprint density at radius 1 is 1.69 bits per heavy atom. The van der Waals surface area contributed by atoms with Gasteiger partial charge in [-0.1, -0.05) is 20.3 Å². The Balaban J connectivity index is 2.43. The van der Waals surface area contributed by atoms with E-state index in [0.29, 0.717) is 13.0 Å². The number of nitrogens with zero attached hydrogens (tertiary/aromatic N) is 1. The summed E-state index contributed by atoms with van der Waals surface area (Å²) in [5.74, 6) is -0.00634. The van der Waals surface area contributed by atoms with Gasteiger partial charge in [0.1, 0.15) is 0 Å².